The number of aryl methyl sites for hydroxylation is 2. The molecule has 4 heterocycles. The number of nitrogen functional groups attached to an aromatic ring is 1. The zero-order valence-electron chi connectivity index (χ0n) is 23.4. The highest BCUT2D eigenvalue weighted by molar-refractivity contribution is 7.90. The lowest BCUT2D eigenvalue weighted by Gasteiger charge is -2.40. The number of pyridine rings is 1. The summed E-state index contributed by atoms with van der Waals surface area (Å²) in [6.07, 6.45) is 2.79. The molecule has 0 unspecified atom stereocenters. The van der Waals surface area contributed by atoms with Crippen LogP contribution in [0.4, 0.5) is 15.9 Å². The molecule has 1 aliphatic heterocycles. The van der Waals surface area contributed by atoms with Crippen molar-refractivity contribution < 1.29 is 17.6 Å². The van der Waals surface area contributed by atoms with Crippen molar-refractivity contribution in [2.45, 2.75) is 38.1 Å². The molecule has 5 rings (SSSR count). The van der Waals surface area contributed by atoms with Crippen molar-refractivity contribution >= 4 is 38.3 Å². The van der Waals surface area contributed by atoms with Gasteiger partial charge in [-0.3, -0.25) is 9.48 Å². The molecule has 216 valence electrons. The molecule has 1 aromatic carbocycles. The highest BCUT2D eigenvalue weighted by Crippen LogP contribution is 2.34. The van der Waals surface area contributed by atoms with Gasteiger partial charge < -0.3 is 15.5 Å². The number of carbonyl (C=O) groups excluding carboxylic acids is 1. The molecular formula is C27H31FN8O4S. The van der Waals surface area contributed by atoms with Crippen LogP contribution < -0.4 is 16.3 Å². The van der Waals surface area contributed by atoms with Crippen LogP contribution >= 0.6 is 0 Å². The van der Waals surface area contributed by atoms with E-state index in [0.717, 1.165) is 10.8 Å². The molecular weight excluding hydrogens is 551 g/mol. The number of nitrogens with two attached hydrogens (primary N) is 1. The summed E-state index contributed by atoms with van der Waals surface area (Å²) in [6.45, 7) is 6.52. The van der Waals surface area contributed by atoms with Crippen LogP contribution in [0.5, 0.6) is 0 Å². The number of sulfone groups is 1. The number of hydrogen-bond acceptors (Lipinski definition) is 9. The predicted molar refractivity (Wildman–Crippen MR) is 153 cm³/mol. The van der Waals surface area contributed by atoms with E-state index >= 15 is 4.39 Å². The van der Waals surface area contributed by atoms with Crippen molar-refractivity contribution in [3.05, 3.63) is 52.3 Å². The van der Waals surface area contributed by atoms with E-state index in [9.17, 15) is 18.0 Å². The molecule has 4 aromatic rings. The SMILES string of the molecule is CCC(=O)N1CCN(c2nc(=O)n(-c3c(C)cccc3S(C)(=O)=O)c3nc(-c4c(N)cnn4C)c(F)cc23)[C@@H](C)C1. The van der Waals surface area contributed by atoms with Crippen LogP contribution in [-0.2, 0) is 21.7 Å². The number of para-hydroxylation sites is 1. The molecule has 1 atom stereocenters. The molecule has 0 bridgehead atoms. The first-order valence-corrected chi connectivity index (χ1v) is 15.0. The molecule has 0 radical (unpaired) electrons. The first kappa shape index (κ1) is 28.2. The van der Waals surface area contributed by atoms with Crippen LogP contribution in [-0.4, -0.2) is 75.5 Å². The molecule has 0 saturated carbocycles. The van der Waals surface area contributed by atoms with Gasteiger partial charge in [-0.15, -0.1) is 0 Å². The molecule has 1 amide bonds. The number of rotatable bonds is 5. The fourth-order valence-electron chi connectivity index (χ4n) is 5.38. The molecule has 12 nitrogen and oxygen atoms in total. The van der Waals surface area contributed by atoms with E-state index < -0.39 is 21.3 Å². The summed E-state index contributed by atoms with van der Waals surface area (Å²) in [5.74, 6) is -0.506. The lowest BCUT2D eigenvalue weighted by atomic mass is 10.1. The summed E-state index contributed by atoms with van der Waals surface area (Å²) in [7, 11) is -2.20. The number of fused-ring (bicyclic) bond motifs is 1. The van der Waals surface area contributed by atoms with Gasteiger partial charge in [-0.25, -0.2) is 27.2 Å². The molecule has 3 aromatic heterocycles. The second kappa shape index (κ2) is 10.3. The van der Waals surface area contributed by atoms with E-state index in [-0.39, 0.29) is 56.5 Å². The summed E-state index contributed by atoms with van der Waals surface area (Å²) in [6, 6.07) is 5.64. The molecule has 1 saturated heterocycles. The average Bonchev–Trinajstić information content (AvgIpc) is 3.25. The minimum atomic E-state index is -3.79. The second-order valence-electron chi connectivity index (χ2n) is 10.2. The van der Waals surface area contributed by atoms with Crippen molar-refractivity contribution in [3.63, 3.8) is 0 Å². The van der Waals surface area contributed by atoms with Crippen molar-refractivity contribution in [3.8, 4) is 17.1 Å². The van der Waals surface area contributed by atoms with E-state index in [4.69, 9.17) is 5.73 Å². The largest absolute Gasteiger partial charge is 0.396 e. The van der Waals surface area contributed by atoms with Crippen LogP contribution in [0.1, 0.15) is 25.8 Å². The Morgan fingerprint density at radius 1 is 1.22 bits per heavy atom. The highest BCUT2D eigenvalue weighted by atomic mass is 32.2. The number of aromatic nitrogens is 5. The van der Waals surface area contributed by atoms with Gasteiger partial charge in [0.25, 0.3) is 0 Å². The summed E-state index contributed by atoms with van der Waals surface area (Å²) >= 11 is 0. The van der Waals surface area contributed by atoms with Gasteiger partial charge >= 0.3 is 5.69 Å². The van der Waals surface area contributed by atoms with Gasteiger partial charge in [0, 0.05) is 45.4 Å². The third-order valence-electron chi connectivity index (χ3n) is 7.37. The average molecular weight is 583 g/mol. The zero-order chi connectivity index (χ0) is 29.8. The quantitative estimate of drug-likeness (QED) is 0.373. The maximum absolute atomic E-state index is 15.8. The van der Waals surface area contributed by atoms with Crippen LogP contribution in [0.15, 0.2) is 40.2 Å². The minimum Gasteiger partial charge on any atom is -0.396 e. The summed E-state index contributed by atoms with van der Waals surface area (Å²) < 4.78 is 43.9. The Morgan fingerprint density at radius 3 is 2.56 bits per heavy atom. The standard InChI is InChI=1S/C27H31FN8O4S/c1-6-21(37)34-10-11-35(16(3)14-34)25-17-12-18(28)22(24-19(29)13-30-33(24)4)31-26(17)36(27(38)32-25)23-15(2)8-7-9-20(23)41(5,39)40/h7-9,12-13,16H,6,10-11,14,29H2,1-5H3/t16-/m0/s1. The Kier molecular flexibility index (Phi) is 7.05. The normalized spacial score (nSPS) is 16.0. The van der Waals surface area contributed by atoms with Gasteiger partial charge in [-0.05, 0) is 31.5 Å². The first-order valence-electron chi connectivity index (χ1n) is 13.1. The van der Waals surface area contributed by atoms with Crippen LogP contribution in [0.25, 0.3) is 28.1 Å². The molecule has 1 fully saturated rings. The number of piperazine rings is 1. The van der Waals surface area contributed by atoms with Crippen molar-refractivity contribution in [1.29, 1.82) is 0 Å². The van der Waals surface area contributed by atoms with E-state index in [1.807, 2.05) is 11.8 Å². The number of halogens is 1. The van der Waals surface area contributed by atoms with Crippen molar-refractivity contribution in [2.24, 2.45) is 7.05 Å². The fraction of sp³-hybridized carbons (Fsp3) is 0.370. The Hall–Kier alpha value is -4.33. The van der Waals surface area contributed by atoms with Crippen molar-refractivity contribution in [1.82, 2.24) is 29.2 Å². The second-order valence-corrected chi connectivity index (χ2v) is 12.2. The molecule has 41 heavy (non-hydrogen) atoms. The third-order valence-corrected chi connectivity index (χ3v) is 8.50. The van der Waals surface area contributed by atoms with Crippen molar-refractivity contribution in [2.75, 3.05) is 36.5 Å². The first-order chi connectivity index (χ1) is 19.3. The molecule has 0 spiro atoms. The van der Waals surface area contributed by atoms with Gasteiger partial charge in [0.05, 0.1) is 27.9 Å². The molecule has 1 aliphatic rings. The Balaban J connectivity index is 1.84. The molecule has 0 aliphatic carbocycles. The number of benzene rings is 1. The van der Waals surface area contributed by atoms with Crippen LogP contribution in [0, 0.1) is 12.7 Å². The van der Waals surface area contributed by atoms with Crippen LogP contribution in [0.2, 0.25) is 0 Å². The number of anilines is 2. The highest BCUT2D eigenvalue weighted by Gasteiger charge is 2.31. The van der Waals surface area contributed by atoms with Gasteiger partial charge in [-0.2, -0.15) is 10.1 Å². The number of nitrogens with zero attached hydrogens (tertiary/aromatic N) is 7. The van der Waals surface area contributed by atoms with Gasteiger partial charge in [0.15, 0.2) is 21.3 Å². The lowest BCUT2D eigenvalue weighted by Crippen LogP contribution is -2.54. The van der Waals surface area contributed by atoms with Gasteiger partial charge in [-0.1, -0.05) is 19.1 Å². The predicted octanol–water partition coefficient (Wildman–Crippen LogP) is 2.06. The molecule has 14 heteroatoms. The Labute approximate surface area is 236 Å². The maximum atomic E-state index is 15.8. The molecule has 2 N–H and O–H groups in total. The summed E-state index contributed by atoms with van der Waals surface area (Å²) in [5.41, 5.74) is 6.12. The zero-order valence-corrected chi connectivity index (χ0v) is 24.2. The number of hydrogen-bond donors (Lipinski definition) is 1. The van der Waals surface area contributed by atoms with Crippen LogP contribution in [0.3, 0.4) is 0 Å². The van der Waals surface area contributed by atoms with E-state index in [2.05, 4.69) is 15.1 Å². The Bertz CT molecular complexity index is 1850. The lowest BCUT2D eigenvalue weighted by molar-refractivity contribution is -0.131. The maximum Gasteiger partial charge on any atom is 0.355 e. The van der Waals surface area contributed by atoms with E-state index in [1.165, 1.54) is 23.0 Å². The minimum absolute atomic E-state index is 0.00969. The third kappa shape index (κ3) is 4.81. The summed E-state index contributed by atoms with van der Waals surface area (Å²) in [4.78, 5) is 38.7. The number of carbonyl (C=O) groups is 1. The number of amides is 1. The summed E-state index contributed by atoms with van der Waals surface area (Å²) in [5, 5.41) is 4.29. The Morgan fingerprint density at radius 2 is 1.95 bits per heavy atom. The van der Waals surface area contributed by atoms with Gasteiger partial charge in [0.2, 0.25) is 5.91 Å². The topological polar surface area (TPSA) is 149 Å². The van der Waals surface area contributed by atoms with E-state index in [1.54, 1.807) is 37.9 Å². The smallest absolute Gasteiger partial charge is 0.355 e. The monoisotopic (exact) mass is 582 g/mol. The van der Waals surface area contributed by atoms with E-state index in [0.29, 0.717) is 31.6 Å². The fourth-order valence-corrected chi connectivity index (χ4v) is 6.31. The van der Waals surface area contributed by atoms with Gasteiger partial charge in [0.1, 0.15) is 17.2 Å².